The Morgan fingerprint density at radius 1 is 1.27 bits per heavy atom. The smallest absolute Gasteiger partial charge is 0.129 e. The van der Waals surface area contributed by atoms with E-state index in [2.05, 4.69) is 16.0 Å². The van der Waals surface area contributed by atoms with Gasteiger partial charge in [-0.25, -0.2) is 4.98 Å². The predicted octanol–water partition coefficient (Wildman–Crippen LogP) is 3.72. The molecule has 4 heteroatoms. The molecule has 3 atom stereocenters. The Hall–Kier alpha value is -0.640. The highest BCUT2D eigenvalue weighted by atomic mass is 35.5. The van der Waals surface area contributed by atoms with Gasteiger partial charge in [0.15, 0.2) is 0 Å². The number of methoxy groups -OCH3 is 1. The molecule has 22 heavy (non-hydrogen) atoms. The summed E-state index contributed by atoms with van der Waals surface area (Å²) in [7, 11) is 1.89. The van der Waals surface area contributed by atoms with Crippen molar-refractivity contribution in [2.45, 2.75) is 37.7 Å². The van der Waals surface area contributed by atoms with Crippen LogP contribution in [0.1, 0.15) is 37.7 Å². The lowest BCUT2D eigenvalue weighted by atomic mass is 9.62. The highest BCUT2D eigenvalue weighted by Crippen LogP contribution is 2.52. The molecule has 2 saturated carbocycles. The summed E-state index contributed by atoms with van der Waals surface area (Å²) in [6.07, 6.45) is 8.53. The van der Waals surface area contributed by atoms with Gasteiger partial charge in [0.25, 0.3) is 0 Å². The molecule has 1 aromatic rings. The maximum Gasteiger partial charge on any atom is 0.129 e. The van der Waals surface area contributed by atoms with Crippen LogP contribution < -0.4 is 0 Å². The van der Waals surface area contributed by atoms with Gasteiger partial charge in [0, 0.05) is 44.8 Å². The van der Waals surface area contributed by atoms with E-state index in [1.54, 1.807) is 0 Å². The van der Waals surface area contributed by atoms with Gasteiger partial charge in [-0.1, -0.05) is 18.0 Å². The van der Waals surface area contributed by atoms with Crippen LogP contribution in [0.2, 0.25) is 5.15 Å². The monoisotopic (exact) mass is 320 g/mol. The van der Waals surface area contributed by atoms with Crippen LogP contribution in [-0.2, 0) is 10.3 Å². The molecule has 2 bridgehead atoms. The fourth-order valence-electron chi connectivity index (χ4n) is 4.91. The van der Waals surface area contributed by atoms with E-state index in [9.17, 15) is 0 Å². The van der Waals surface area contributed by atoms with E-state index < -0.39 is 0 Å². The van der Waals surface area contributed by atoms with E-state index in [-0.39, 0.29) is 5.60 Å². The van der Waals surface area contributed by atoms with E-state index >= 15 is 0 Å². The Kier molecular flexibility index (Phi) is 3.91. The summed E-state index contributed by atoms with van der Waals surface area (Å²) in [5, 5.41) is 0.576. The first kappa shape index (κ1) is 14.9. The van der Waals surface area contributed by atoms with Crippen LogP contribution in [-0.4, -0.2) is 36.6 Å². The zero-order chi connectivity index (χ0) is 15.2. The van der Waals surface area contributed by atoms with Gasteiger partial charge in [0.05, 0.1) is 0 Å². The second-order valence-electron chi connectivity index (χ2n) is 7.35. The maximum absolute atomic E-state index is 6.24. The molecule has 0 N–H and O–H groups in total. The molecule has 1 aliphatic heterocycles. The molecule has 120 valence electrons. The minimum atomic E-state index is -0.162. The molecule has 0 amide bonds. The number of halogens is 1. The average molecular weight is 321 g/mol. The minimum absolute atomic E-state index is 0.162. The van der Waals surface area contributed by atoms with Crippen LogP contribution in [0.5, 0.6) is 0 Å². The highest BCUT2D eigenvalue weighted by Gasteiger charge is 2.53. The predicted molar refractivity (Wildman–Crippen MR) is 87.9 cm³/mol. The SMILES string of the molecule is CO[C@]1(c2ccnc(Cl)c2)[C@@H]2CCC[C@H]1CN(CC1CC1)C2. The average Bonchev–Trinajstić information content (AvgIpc) is 3.30. The van der Waals surface area contributed by atoms with E-state index in [1.807, 2.05) is 19.4 Å². The normalized spacial score (nSPS) is 35.5. The first-order valence-electron chi connectivity index (χ1n) is 8.62. The van der Waals surface area contributed by atoms with Gasteiger partial charge in [-0.2, -0.15) is 0 Å². The molecule has 0 unspecified atom stereocenters. The van der Waals surface area contributed by atoms with Crippen LogP contribution >= 0.6 is 11.6 Å². The van der Waals surface area contributed by atoms with Crippen molar-refractivity contribution in [3.63, 3.8) is 0 Å². The Balaban J connectivity index is 1.66. The van der Waals surface area contributed by atoms with E-state index in [0.717, 1.165) is 5.92 Å². The van der Waals surface area contributed by atoms with Crippen molar-refractivity contribution in [3.05, 3.63) is 29.0 Å². The molecular weight excluding hydrogens is 296 g/mol. The molecule has 4 rings (SSSR count). The van der Waals surface area contributed by atoms with Crippen molar-refractivity contribution in [2.75, 3.05) is 26.7 Å². The highest BCUT2D eigenvalue weighted by molar-refractivity contribution is 6.29. The molecule has 0 radical (unpaired) electrons. The lowest BCUT2D eigenvalue weighted by Crippen LogP contribution is -2.59. The third kappa shape index (κ3) is 2.47. The molecule has 3 fully saturated rings. The molecule has 2 aliphatic carbocycles. The van der Waals surface area contributed by atoms with Crippen molar-refractivity contribution in [1.82, 2.24) is 9.88 Å². The summed E-state index contributed by atoms with van der Waals surface area (Å²) >= 11 is 6.17. The van der Waals surface area contributed by atoms with E-state index in [4.69, 9.17) is 16.3 Å². The molecule has 3 aliphatic rings. The number of ether oxygens (including phenoxy) is 1. The second-order valence-corrected chi connectivity index (χ2v) is 7.74. The summed E-state index contributed by atoms with van der Waals surface area (Å²) in [5.41, 5.74) is 1.07. The van der Waals surface area contributed by atoms with Gasteiger partial charge >= 0.3 is 0 Å². The summed E-state index contributed by atoms with van der Waals surface area (Å²) < 4.78 is 6.24. The van der Waals surface area contributed by atoms with Gasteiger partial charge in [-0.3, -0.25) is 0 Å². The number of piperidine rings is 1. The van der Waals surface area contributed by atoms with Crippen molar-refractivity contribution >= 4 is 11.6 Å². The van der Waals surface area contributed by atoms with Crippen molar-refractivity contribution in [1.29, 1.82) is 0 Å². The molecule has 1 saturated heterocycles. The summed E-state index contributed by atoms with van der Waals surface area (Å²) in [5.74, 6) is 2.11. The van der Waals surface area contributed by atoms with Gasteiger partial charge in [-0.05, 0) is 49.3 Å². The van der Waals surface area contributed by atoms with Gasteiger partial charge in [0.1, 0.15) is 10.8 Å². The molecule has 3 nitrogen and oxygen atoms in total. The number of likely N-dealkylation sites (tertiary alicyclic amines) is 1. The first-order chi connectivity index (χ1) is 10.7. The fourth-order valence-corrected chi connectivity index (χ4v) is 5.08. The topological polar surface area (TPSA) is 25.4 Å². The maximum atomic E-state index is 6.24. The molecule has 2 heterocycles. The van der Waals surface area contributed by atoms with Gasteiger partial charge in [-0.15, -0.1) is 0 Å². The zero-order valence-corrected chi connectivity index (χ0v) is 14.1. The zero-order valence-electron chi connectivity index (χ0n) is 13.3. The Labute approximate surface area is 138 Å². The number of hydrogen-bond acceptors (Lipinski definition) is 3. The molecule has 0 aromatic carbocycles. The van der Waals surface area contributed by atoms with E-state index in [0.29, 0.717) is 17.0 Å². The second kappa shape index (κ2) is 5.77. The number of aromatic nitrogens is 1. The largest absolute Gasteiger partial charge is 0.373 e. The summed E-state index contributed by atoms with van der Waals surface area (Å²) in [6.45, 7) is 3.63. The third-order valence-corrected chi connectivity index (χ3v) is 6.21. The number of nitrogens with zero attached hydrogens (tertiary/aromatic N) is 2. The minimum Gasteiger partial charge on any atom is -0.373 e. The van der Waals surface area contributed by atoms with E-state index in [1.165, 1.54) is 57.3 Å². The van der Waals surface area contributed by atoms with Crippen molar-refractivity contribution in [3.8, 4) is 0 Å². The van der Waals surface area contributed by atoms with Crippen LogP contribution in [0, 0.1) is 17.8 Å². The van der Waals surface area contributed by atoms with Crippen LogP contribution in [0.15, 0.2) is 18.3 Å². The fraction of sp³-hybridized carbons (Fsp3) is 0.722. The van der Waals surface area contributed by atoms with Gasteiger partial charge in [0.2, 0.25) is 0 Å². The third-order valence-electron chi connectivity index (χ3n) is 6.00. The summed E-state index contributed by atoms with van der Waals surface area (Å²) in [4.78, 5) is 6.86. The van der Waals surface area contributed by atoms with Gasteiger partial charge < -0.3 is 9.64 Å². The van der Waals surface area contributed by atoms with Crippen molar-refractivity contribution in [2.24, 2.45) is 17.8 Å². The summed E-state index contributed by atoms with van der Waals surface area (Å²) in [6, 6.07) is 4.13. The Morgan fingerprint density at radius 2 is 2.00 bits per heavy atom. The molecule has 0 spiro atoms. The lowest BCUT2D eigenvalue weighted by Gasteiger charge is -2.55. The number of pyridine rings is 1. The number of fused-ring (bicyclic) bond motifs is 2. The molecule has 1 aromatic heterocycles. The lowest BCUT2D eigenvalue weighted by molar-refractivity contribution is -0.169. The Bertz CT molecular complexity index is 532. The van der Waals surface area contributed by atoms with Crippen LogP contribution in [0.4, 0.5) is 0 Å². The quantitative estimate of drug-likeness (QED) is 0.791. The van der Waals surface area contributed by atoms with Crippen molar-refractivity contribution < 1.29 is 4.74 Å². The first-order valence-corrected chi connectivity index (χ1v) is 8.99. The van der Waals surface area contributed by atoms with Crippen LogP contribution in [0.25, 0.3) is 0 Å². The van der Waals surface area contributed by atoms with Crippen LogP contribution in [0.3, 0.4) is 0 Å². The number of hydrogen-bond donors (Lipinski definition) is 0. The number of rotatable bonds is 4. The molecular formula is C18H25ClN2O. The standard InChI is InChI=1S/C18H25ClN2O/c1-22-18(14-7-8-20-17(19)9-14)15-3-2-4-16(18)12-21(11-15)10-13-5-6-13/h7-9,13,15-16H,2-6,10-12H2,1H3/t15-,16+,18-. The Morgan fingerprint density at radius 3 is 2.59 bits per heavy atom.